The van der Waals surface area contributed by atoms with Crippen LogP contribution in [-0.2, 0) is 4.79 Å². The van der Waals surface area contributed by atoms with Crippen molar-refractivity contribution in [2.24, 2.45) is 5.92 Å². The number of hydrogen-bond acceptors (Lipinski definition) is 2. The van der Waals surface area contributed by atoms with Crippen LogP contribution in [0, 0.1) is 17.2 Å². The van der Waals surface area contributed by atoms with Gasteiger partial charge in [0.05, 0.1) is 12.5 Å². The molecule has 0 radical (unpaired) electrons. The molecule has 56 valence electrons. The van der Waals surface area contributed by atoms with Gasteiger partial charge in [0.1, 0.15) is 0 Å². The molecule has 0 saturated carbocycles. The van der Waals surface area contributed by atoms with Gasteiger partial charge in [-0.1, -0.05) is 13.8 Å². The number of hydrogen-bond donors (Lipinski definition) is 1. The summed E-state index contributed by atoms with van der Waals surface area (Å²) in [6, 6.07) is 1.95. The molecule has 10 heavy (non-hydrogen) atoms. The summed E-state index contributed by atoms with van der Waals surface area (Å²) in [5.74, 6) is 0.0222. The number of rotatable bonds is 3. The van der Waals surface area contributed by atoms with Crippen LogP contribution in [0.2, 0.25) is 0 Å². The molecular weight excluding hydrogens is 128 g/mol. The molecule has 0 unspecified atom stereocenters. The van der Waals surface area contributed by atoms with Crippen molar-refractivity contribution in [2.75, 3.05) is 6.54 Å². The van der Waals surface area contributed by atoms with E-state index in [0.717, 1.165) is 0 Å². The van der Waals surface area contributed by atoms with Gasteiger partial charge >= 0.3 is 0 Å². The molecule has 1 N–H and O–H groups in total. The van der Waals surface area contributed by atoms with Crippen molar-refractivity contribution in [3.8, 4) is 6.07 Å². The maximum absolute atomic E-state index is 10.8. The molecule has 3 nitrogen and oxygen atoms in total. The Morgan fingerprint density at radius 1 is 1.70 bits per heavy atom. The first-order valence-electron chi connectivity index (χ1n) is 3.33. The van der Waals surface area contributed by atoms with Gasteiger partial charge in [0.15, 0.2) is 0 Å². The Labute approximate surface area is 61.0 Å². The molecular formula is C7H12N2O. The minimum atomic E-state index is 0.00949. The molecule has 0 aliphatic rings. The van der Waals surface area contributed by atoms with Crippen LogP contribution < -0.4 is 5.32 Å². The summed E-state index contributed by atoms with van der Waals surface area (Å²) in [6.07, 6.45) is 0.387. The van der Waals surface area contributed by atoms with E-state index >= 15 is 0 Å². The van der Waals surface area contributed by atoms with Crippen molar-refractivity contribution >= 4 is 5.91 Å². The Bertz CT molecular complexity index is 146. The van der Waals surface area contributed by atoms with E-state index in [-0.39, 0.29) is 11.8 Å². The topological polar surface area (TPSA) is 52.9 Å². The van der Waals surface area contributed by atoms with E-state index < -0.39 is 0 Å². The first-order chi connectivity index (χ1) is 4.68. The smallest absolute Gasteiger partial charge is 0.222 e. The van der Waals surface area contributed by atoms with Crippen LogP contribution in [0.25, 0.3) is 0 Å². The van der Waals surface area contributed by atoms with Crippen LogP contribution in [-0.4, -0.2) is 12.5 Å². The van der Waals surface area contributed by atoms with Crippen LogP contribution >= 0.6 is 0 Å². The first kappa shape index (κ1) is 8.96. The zero-order valence-electron chi connectivity index (χ0n) is 6.35. The lowest BCUT2D eigenvalue weighted by Crippen LogP contribution is -2.28. The summed E-state index contributed by atoms with van der Waals surface area (Å²) in [4.78, 5) is 10.8. The Morgan fingerprint density at radius 2 is 2.30 bits per heavy atom. The number of amides is 1. The lowest BCUT2D eigenvalue weighted by atomic mass is 10.2. The van der Waals surface area contributed by atoms with Gasteiger partial charge in [0.25, 0.3) is 0 Å². The van der Waals surface area contributed by atoms with Crippen molar-refractivity contribution in [1.29, 1.82) is 5.26 Å². The Morgan fingerprint density at radius 3 is 2.70 bits per heavy atom. The quantitative estimate of drug-likeness (QED) is 0.586. The third kappa shape index (κ3) is 3.90. The molecule has 0 spiro atoms. The van der Waals surface area contributed by atoms with E-state index in [2.05, 4.69) is 5.32 Å². The van der Waals surface area contributed by atoms with Crippen LogP contribution in [0.1, 0.15) is 20.3 Å². The number of nitriles is 1. The normalized spacial score (nSPS) is 9.00. The molecule has 0 bridgehead atoms. The fraction of sp³-hybridized carbons (Fsp3) is 0.714. The van der Waals surface area contributed by atoms with Gasteiger partial charge in [-0.15, -0.1) is 0 Å². The van der Waals surface area contributed by atoms with Gasteiger partial charge in [-0.25, -0.2) is 0 Å². The Hall–Kier alpha value is -1.04. The van der Waals surface area contributed by atoms with Gasteiger partial charge in [0, 0.05) is 12.5 Å². The fourth-order valence-electron chi connectivity index (χ4n) is 0.446. The highest BCUT2D eigenvalue weighted by molar-refractivity contribution is 5.77. The zero-order chi connectivity index (χ0) is 7.98. The largest absolute Gasteiger partial charge is 0.355 e. The van der Waals surface area contributed by atoms with E-state index in [9.17, 15) is 4.79 Å². The number of carbonyl (C=O) groups is 1. The number of nitrogens with one attached hydrogen (secondary N) is 1. The monoisotopic (exact) mass is 140 g/mol. The molecule has 0 aromatic carbocycles. The molecule has 1 amide bonds. The molecule has 0 aliphatic carbocycles. The average Bonchev–Trinajstić information content (AvgIpc) is 1.88. The summed E-state index contributed by atoms with van der Waals surface area (Å²) in [7, 11) is 0. The van der Waals surface area contributed by atoms with Crippen molar-refractivity contribution in [3.05, 3.63) is 0 Å². The lowest BCUT2D eigenvalue weighted by molar-refractivity contribution is -0.123. The SMILES string of the molecule is CC(C)C(=O)NCCC#N. The third-order valence-electron chi connectivity index (χ3n) is 1.06. The van der Waals surface area contributed by atoms with Crippen molar-refractivity contribution < 1.29 is 4.79 Å². The van der Waals surface area contributed by atoms with E-state index in [4.69, 9.17) is 5.26 Å². The summed E-state index contributed by atoms with van der Waals surface area (Å²) in [6.45, 7) is 4.11. The minimum absolute atomic E-state index is 0.00949. The molecule has 3 heteroatoms. The second-order valence-corrected chi connectivity index (χ2v) is 2.35. The van der Waals surface area contributed by atoms with Crippen LogP contribution in [0.3, 0.4) is 0 Å². The molecule has 0 rings (SSSR count). The standard InChI is InChI=1S/C7H12N2O/c1-6(2)7(10)9-5-3-4-8/h6H,3,5H2,1-2H3,(H,9,10). The summed E-state index contributed by atoms with van der Waals surface area (Å²) >= 11 is 0. The molecule has 0 fully saturated rings. The maximum Gasteiger partial charge on any atom is 0.222 e. The van der Waals surface area contributed by atoms with Gasteiger partial charge in [-0.3, -0.25) is 4.79 Å². The maximum atomic E-state index is 10.8. The Kier molecular flexibility index (Phi) is 4.30. The van der Waals surface area contributed by atoms with E-state index in [1.807, 2.05) is 19.9 Å². The first-order valence-corrected chi connectivity index (χ1v) is 3.33. The van der Waals surface area contributed by atoms with E-state index in [1.54, 1.807) is 0 Å². The van der Waals surface area contributed by atoms with Crippen molar-refractivity contribution in [3.63, 3.8) is 0 Å². The van der Waals surface area contributed by atoms with Crippen LogP contribution in [0.5, 0.6) is 0 Å². The molecule has 0 aromatic heterocycles. The summed E-state index contributed by atoms with van der Waals surface area (Å²) in [5, 5.41) is 10.7. The molecule has 0 aromatic rings. The van der Waals surface area contributed by atoms with Gasteiger partial charge in [-0.05, 0) is 0 Å². The molecule has 0 heterocycles. The Balaban J connectivity index is 3.33. The average molecular weight is 140 g/mol. The van der Waals surface area contributed by atoms with Gasteiger partial charge in [0.2, 0.25) is 5.91 Å². The van der Waals surface area contributed by atoms with E-state index in [0.29, 0.717) is 13.0 Å². The van der Waals surface area contributed by atoms with E-state index in [1.165, 1.54) is 0 Å². The van der Waals surface area contributed by atoms with Crippen molar-refractivity contribution in [2.45, 2.75) is 20.3 Å². The van der Waals surface area contributed by atoms with Crippen molar-refractivity contribution in [1.82, 2.24) is 5.32 Å². The van der Waals surface area contributed by atoms with Crippen LogP contribution in [0.15, 0.2) is 0 Å². The summed E-state index contributed by atoms with van der Waals surface area (Å²) in [5.41, 5.74) is 0. The lowest BCUT2D eigenvalue weighted by Gasteiger charge is -2.03. The minimum Gasteiger partial charge on any atom is -0.355 e. The van der Waals surface area contributed by atoms with Gasteiger partial charge in [-0.2, -0.15) is 5.26 Å². The third-order valence-corrected chi connectivity index (χ3v) is 1.06. The zero-order valence-corrected chi connectivity index (χ0v) is 6.35. The second-order valence-electron chi connectivity index (χ2n) is 2.35. The molecule has 0 aliphatic heterocycles. The second kappa shape index (κ2) is 4.80. The van der Waals surface area contributed by atoms with Crippen LogP contribution in [0.4, 0.5) is 0 Å². The predicted octanol–water partition coefficient (Wildman–Crippen LogP) is 0.672. The number of carbonyl (C=O) groups excluding carboxylic acids is 1. The predicted molar refractivity (Wildman–Crippen MR) is 38.1 cm³/mol. The molecule has 0 atom stereocenters. The highest BCUT2D eigenvalue weighted by Crippen LogP contribution is 1.89. The highest BCUT2D eigenvalue weighted by atomic mass is 16.1. The number of nitrogens with zero attached hydrogens (tertiary/aromatic N) is 1. The molecule has 0 saturated heterocycles. The summed E-state index contributed by atoms with van der Waals surface area (Å²) < 4.78 is 0. The highest BCUT2D eigenvalue weighted by Gasteiger charge is 2.03. The van der Waals surface area contributed by atoms with Gasteiger partial charge < -0.3 is 5.32 Å². The fourth-order valence-corrected chi connectivity index (χ4v) is 0.446.